The highest BCUT2D eigenvalue weighted by molar-refractivity contribution is 5.89. The molecule has 1 unspecified atom stereocenters. The number of aryl methyl sites for hydroxylation is 2. The zero-order valence-corrected chi connectivity index (χ0v) is 12.7. The summed E-state index contributed by atoms with van der Waals surface area (Å²) < 4.78 is 0. The van der Waals surface area contributed by atoms with Gasteiger partial charge < -0.3 is 16.0 Å². The van der Waals surface area contributed by atoms with Gasteiger partial charge in [0.1, 0.15) is 0 Å². The number of carbonyl (C=O) groups is 1. The molecule has 0 saturated heterocycles. The Labute approximate surface area is 130 Å². The van der Waals surface area contributed by atoms with Crippen molar-refractivity contribution in [3.63, 3.8) is 0 Å². The van der Waals surface area contributed by atoms with Crippen LogP contribution in [0.3, 0.4) is 0 Å². The largest absolute Gasteiger partial charge is 0.380 e. The van der Waals surface area contributed by atoms with Crippen LogP contribution in [-0.2, 0) is 6.42 Å². The van der Waals surface area contributed by atoms with Crippen LogP contribution in [0.15, 0.2) is 48.5 Å². The minimum Gasteiger partial charge on any atom is -0.380 e. The summed E-state index contributed by atoms with van der Waals surface area (Å²) in [4.78, 5) is 12.0. The minimum absolute atomic E-state index is 0.161. The molecule has 0 radical (unpaired) electrons. The molecule has 0 fully saturated rings. The van der Waals surface area contributed by atoms with Crippen molar-refractivity contribution >= 4 is 17.4 Å². The number of fused-ring (bicyclic) bond motifs is 1. The van der Waals surface area contributed by atoms with Gasteiger partial charge in [-0.2, -0.15) is 0 Å². The quantitative estimate of drug-likeness (QED) is 0.811. The molecule has 22 heavy (non-hydrogen) atoms. The first-order valence-electron chi connectivity index (χ1n) is 7.67. The van der Waals surface area contributed by atoms with Gasteiger partial charge in [0.25, 0.3) is 0 Å². The Balaban J connectivity index is 1.50. The summed E-state index contributed by atoms with van der Waals surface area (Å²) in [7, 11) is 0. The number of urea groups is 1. The Kier molecular flexibility index (Phi) is 4.28. The highest BCUT2D eigenvalue weighted by Gasteiger charge is 2.17. The Bertz CT molecular complexity index is 669. The summed E-state index contributed by atoms with van der Waals surface area (Å²) in [5, 5.41) is 9.29. The molecule has 114 valence electrons. The van der Waals surface area contributed by atoms with E-state index in [-0.39, 0.29) is 12.1 Å². The fraction of sp³-hybridized carbons (Fsp3) is 0.278. The molecule has 1 atom stereocenters. The maximum absolute atomic E-state index is 12.0. The second-order valence-corrected chi connectivity index (χ2v) is 5.74. The molecule has 2 amide bonds. The average molecular weight is 295 g/mol. The van der Waals surface area contributed by atoms with E-state index in [1.807, 2.05) is 37.3 Å². The van der Waals surface area contributed by atoms with Gasteiger partial charge >= 0.3 is 6.03 Å². The second-order valence-electron chi connectivity index (χ2n) is 5.74. The number of amides is 2. The molecule has 4 heteroatoms. The highest BCUT2D eigenvalue weighted by atomic mass is 16.2. The van der Waals surface area contributed by atoms with Crippen molar-refractivity contribution in [3.05, 3.63) is 59.7 Å². The molecule has 0 spiro atoms. The van der Waals surface area contributed by atoms with Gasteiger partial charge in [-0.05, 0) is 49.1 Å². The van der Waals surface area contributed by atoms with Crippen molar-refractivity contribution in [2.75, 3.05) is 17.2 Å². The van der Waals surface area contributed by atoms with Gasteiger partial charge in [0.15, 0.2) is 0 Å². The van der Waals surface area contributed by atoms with E-state index in [4.69, 9.17) is 0 Å². The molecule has 3 rings (SSSR count). The second kappa shape index (κ2) is 6.52. The average Bonchev–Trinajstić information content (AvgIpc) is 2.53. The molecule has 4 nitrogen and oxygen atoms in total. The van der Waals surface area contributed by atoms with Crippen molar-refractivity contribution in [1.29, 1.82) is 0 Å². The normalized spacial score (nSPS) is 16.3. The van der Waals surface area contributed by atoms with E-state index in [9.17, 15) is 4.79 Å². The molecule has 2 aromatic carbocycles. The number of nitrogens with one attached hydrogen (secondary N) is 3. The van der Waals surface area contributed by atoms with Gasteiger partial charge in [-0.3, -0.25) is 0 Å². The molecular formula is C18H21N3O. The van der Waals surface area contributed by atoms with E-state index in [1.165, 1.54) is 11.3 Å². The van der Waals surface area contributed by atoms with Gasteiger partial charge in [0.2, 0.25) is 0 Å². The lowest BCUT2D eigenvalue weighted by atomic mass is 9.98. The third-order valence-corrected chi connectivity index (χ3v) is 3.92. The van der Waals surface area contributed by atoms with Crippen LogP contribution < -0.4 is 16.0 Å². The van der Waals surface area contributed by atoms with E-state index in [0.717, 1.165) is 24.1 Å². The van der Waals surface area contributed by atoms with Crippen LogP contribution in [0, 0.1) is 6.92 Å². The fourth-order valence-electron chi connectivity index (χ4n) is 2.77. The maximum atomic E-state index is 12.0. The molecule has 0 bridgehead atoms. The van der Waals surface area contributed by atoms with Crippen molar-refractivity contribution in [2.24, 2.45) is 0 Å². The van der Waals surface area contributed by atoms with Crippen LogP contribution in [0.4, 0.5) is 16.2 Å². The number of hydrogen-bond acceptors (Lipinski definition) is 2. The molecular weight excluding hydrogens is 274 g/mol. The summed E-state index contributed by atoms with van der Waals surface area (Å²) in [6, 6.07) is 16.2. The van der Waals surface area contributed by atoms with Crippen LogP contribution in [0.1, 0.15) is 17.5 Å². The van der Waals surface area contributed by atoms with Crippen LogP contribution >= 0.6 is 0 Å². The topological polar surface area (TPSA) is 53.2 Å². The lowest BCUT2D eigenvalue weighted by Gasteiger charge is -2.27. The minimum atomic E-state index is -0.161. The zero-order chi connectivity index (χ0) is 15.4. The third kappa shape index (κ3) is 3.58. The number of para-hydroxylation sites is 1. The lowest BCUT2D eigenvalue weighted by molar-refractivity contribution is 0.251. The molecule has 1 aliphatic rings. The summed E-state index contributed by atoms with van der Waals surface area (Å²) in [6.45, 7) is 2.62. The molecule has 0 aliphatic carbocycles. The predicted molar refractivity (Wildman–Crippen MR) is 90.4 cm³/mol. The first-order valence-corrected chi connectivity index (χ1v) is 7.67. The number of carbonyl (C=O) groups excluding carboxylic acids is 1. The number of rotatable bonds is 3. The fourth-order valence-corrected chi connectivity index (χ4v) is 2.77. The Hall–Kier alpha value is -2.49. The number of benzene rings is 2. The highest BCUT2D eigenvalue weighted by Crippen LogP contribution is 2.23. The van der Waals surface area contributed by atoms with E-state index in [2.05, 4.69) is 34.1 Å². The predicted octanol–water partition coefficient (Wildman–Crippen LogP) is 3.54. The molecule has 1 heterocycles. The summed E-state index contributed by atoms with van der Waals surface area (Å²) in [6.07, 6.45) is 2.08. The van der Waals surface area contributed by atoms with E-state index < -0.39 is 0 Å². The van der Waals surface area contributed by atoms with Crippen molar-refractivity contribution in [2.45, 2.75) is 25.8 Å². The van der Waals surface area contributed by atoms with Gasteiger partial charge in [-0.15, -0.1) is 0 Å². The van der Waals surface area contributed by atoms with Gasteiger partial charge in [-0.1, -0.05) is 30.3 Å². The van der Waals surface area contributed by atoms with Crippen molar-refractivity contribution in [3.8, 4) is 0 Å². The summed E-state index contributed by atoms with van der Waals surface area (Å²) in [5.74, 6) is 0. The van der Waals surface area contributed by atoms with Gasteiger partial charge in [-0.25, -0.2) is 4.79 Å². The van der Waals surface area contributed by atoms with E-state index in [1.54, 1.807) is 0 Å². The van der Waals surface area contributed by atoms with Crippen LogP contribution in [0.5, 0.6) is 0 Å². The third-order valence-electron chi connectivity index (χ3n) is 3.92. The summed E-state index contributed by atoms with van der Waals surface area (Å²) >= 11 is 0. The Morgan fingerprint density at radius 1 is 1.23 bits per heavy atom. The van der Waals surface area contributed by atoms with Crippen LogP contribution in [-0.4, -0.2) is 18.6 Å². The standard InChI is InChI=1S/C18H21N3O/c1-13-5-4-7-15(11-13)21-18(22)19-12-16-10-9-14-6-2-3-8-17(14)20-16/h2-8,11,16,20H,9-10,12H2,1H3,(H2,19,21,22). The molecule has 3 N–H and O–H groups in total. The molecule has 2 aromatic rings. The Morgan fingerprint density at radius 3 is 2.95 bits per heavy atom. The van der Waals surface area contributed by atoms with E-state index >= 15 is 0 Å². The van der Waals surface area contributed by atoms with E-state index in [0.29, 0.717) is 6.54 Å². The maximum Gasteiger partial charge on any atom is 0.319 e. The summed E-state index contributed by atoms with van der Waals surface area (Å²) in [5.41, 5.74) is 4.48. The van der Waals surface area contributed by atoms with Gasteiger partial charge in [0, 0.05) is 24.0 Å². The SMILES string of the molecule is Cc1cccc(NC(=O)NCC2CCc3ccccc3N2)c1. The number of anilines is 2. The van der Waals surface area contributed by atoms with Crippen molar-refractivity contribution in [1.82, 2.24) is 5.32 Å². The first kappa shape index (κ1) is 14.4. The molecule has 0 aromatic heterocycles. The van der Waals surface area contributed by atoms with Crippen LogP contribution in [0.25, 0.3) is 0 Å². The van der Waals surface area contributed by atoms with Gasteiger partial charge in [0.05, 0.1) is 0 Å². The van der Waals surface area contributed by atoms with Crippen LogP contribution in [0.2, 0.25) is 0 Å². The smallest absolute Gasteiger partial charge is 0.319 e. The monoisotopic (exact) mass is 295 g/mol. The zero-order valence-electron chi connectivity index (χ0n) is 12.7. The lowest BCUT2D eigenvalue weighted by Crippen LogP contribution is -2.40. The van der Waals surface area contributed by atoms with Crippen molar-refractivity contribution < 1.29 is 4.79 Å². The first-order chi connectivity index (χ1) is 10.7. The molecule has 1 aliphatic heterocycles. The number of hydrogen-bond donors (Lipinski definition) is 3. The Morgan fingerprint density at radius 2 is 2.09 bits per heavy atom. The molecule has 0 saturated carbocycles.